The summed E-state index contributed by atoms with van der Waals surface area (Å²) in [6.07, 6.45) is -0.265. The average Bonchev–Trinajstić information content (AvgIpc) is 2.38. The van der Waals surface area contributed by atoms with Gasteiger partial charge in [0.2, 0.25) is 0 Å². The van der Waals surface area contributed by atoms with Gasteiger partial charge in [0.1, 0.15) is 6.07 Å². The van der Waals surface area contributed by atoms with E-state index in [4.69, 9.17) is 5.11 Å². The van der Waals surface area contributed by atoms with Crippen LogP contribution in [0.5, 0.6) is 0 Å². The van der Waals surface area contributed by atoms with E-state index < -0.39 is 21.8 Å². The van der Waals surface area contributed by atoms with Crippen molar-refractivity contribution in [3.63, 3.8) is 0 Å². The molecule has 1 saturated heterocycles. The van der Waals surface area contributed by atoms with E-state index in [1.54, 1.807) is 17.0 Å². The molecular formula is C14H16N2O4S. The molecule has 0 amide bonds. The van der Waals surface area contributed by atoms with E-state index in [1.807, 2.05) is 13.0 Å². The summed E-state index contributed by atoms with van der Waals surface area (Å²) in [6.45, 7) is 2.04. The molecule has 1 atom stereocenters. The Morgan fingerprint density at radius 1 is 1.52 bits per heavy atom. The minimum Gasteiger partial charge on any atom is -0.481 e. The number of hydrogen-bond donors (Lipinski definition) is 1. The van der Waals surface area contributed by atoms with Crippen molar-refractivity contribution in [3.8, 4) is 6.07 Å². The van der Waals surface area contributed by atoms with Crippen LogP contribution in [0, 0.1) is 18.3 Å². The first-order chi connectivity index (χ1) is 9.84. The van der Waals surface area contributed by atoms with Gasteiger partial charge in [-0.25, -0.2) is 8.42 Å². The Kier molecular flexibility index (Phi) is 4.19. The van der Waals surface area contributed by atoms with Crippen LogP contribution in [0.15, 0.2) is 18.2 Å². The zero-order chi connectivity index (χ0) is 15.6. The zero-order valence-electron chi connectivity index (χ0n) is 11.6. The lowest BCUT2D eigenvalue weighted by molar-refractivity contribution is -0.137. The van der Waals surface area contributed by atoms with Gasteiger partial charge >= 0.3 is 5.97 Å². The molecule has 1 aliphatic heterocycles. The quantitative estimate of drug-likeness (QED) is 0.892. The summed E-state index contributed by atoms with van der Waals surface area (Å²) in [5.74, 6) is -1.27. The Balaban J connectivity index is 2.46. The van der Waals surface area contributed by atoms with Gasteiger partial charge in [-0.3, -0.25) is 4.79 Å². The van der Waals surface area contributed by atoms with Gasteiger partial charge in [-0.1, -0.05) is 12.1 Å². The summed E-state index contributed by atoms with van der Waals surface area (Å²) >= 11 is 0. The van der Waals surface area contributed by atoms with Crippen LogP contribution < -0.4 is 4.90 Å². The van der Waals surface area contributed by atoms with E-state index in [0.717, 1.165) is 5.56 Å². The predicted molar refractivity (Wildman–Crippen MR) is 77.9 cm³/mol. The minimum absolute atomic E-state index is 0.0255. The molecule has 0 aromatic heterocycles. The Morgan fingerprint density at radius 2 is 2.24 bits per heavy atom. The molecule has 21 heavy (non-hydrogen) atoms. The third kappa shape index (κ3) is 3.34. The smallest absolute Gasteiger partial charge is 0.305 e. The van der Waals surface area contributed by atoms with Crippen LogP contribution in [0.1, 0.15) is 17.5 Å². The van der Waals surface area contributed by atoms with Crippen LogP contribution in [0.2, 0.25) is 0 Å². The molecule has 112 valence electrons. The Hall–Kier alpha value is -2.07. The van der Waals surface area contributed by atoms with Crippen LogP contribution >= 0.6 is 0 Å². The monoisotopic (exact) mass is 308 g/mol. The number of benzene rings is 1. The molecular weight excluding hydrogens is 292 g/mol. The minimum atomic E-state index is -3.24. The summed E-state index contributed by atoms with van der Waals surface area (Å²) < 4.78 is 23.5. The number of sulfone groups is 1. The first-order valence-corrected chi connectivity index (χ1v) is 8.35. The van der Waals surface area contributed by atoms with E-state index in [9.17, 15) is 18.5 Å². The molecule has 7 heteroatoms. The number of carboxylic acid groups (broad SMARTS) is 1. The topological polar surface area (TPSA) is 98.5 Å². The molecule has 1 aliphatic rings. The molecule has 0 bridgehead atoms. The third-order valence-corrected chi connectivity index (χ3v) is 5.28. The maximum absolute atomic E-state index is 11.8. The van der Waals surface area contributed by atoms with E-state index in [1.165, 1.54) is 0 Å². The van der Waals surface area contributed by atoms with Crippen molar-refractivity contribution in [1.29, 1.82) is 5.26 Å². The number of carbonyl (C=O) groups is 1. The van der Waals surface area contributed by atoms with Gasteiger partial charge in [0.15, 0.2) is 9.84 Å². The summed E-state index contributed by atoms with van der Waals surface area (Å²) in [5, 5.41) is 18.2. The Labute approximate surface area is 123 Å². The number of aryl methyl sites for hydroxylation is 1. The molecule has 2 rings (SSSR count). The van der Waals surface area contributed by atoms with Crippen molar-refractivity contribution in [3.05, 3.63) is 29.3 Å². The normalized spacial score (nSPS) is 20.8. The van der Waals surface area contributed by atoms with Crippen LogP contribution in [0.25, 0.3) is 0 Å². The lowest BCUT2D eigenvalue weighted by Crippen LogP contribution is -2.50. The summed E-state index contributed by atoms with van der Waals surface area (Å²) in [4.78, 5) is 12.8. The summed E-state index contributed by atoms with van der Waals surface area (Å²) in [5.41, 5.74) is 1.91. The summed E-state index contributed by atoms with van der Waals surface area (Å²) in [7, 11) is -3.24. The van der Waals surface area contributed by atoms with Gasteiger partial charge in [-0.05, 0) is 18.6 Å². The highest BCUT2D eigenvalue weighted by molar-refractivity contribution is 7.91. The molecule has 0 saturated carbocycles. The van der Waals surface area contributed by atoms with Gasteiger partial charge in [-0.15, -0.1) is 0 Å². The fourth-order valence-corrected chi connectivity index (χ4v) is 4.21. The van der Waals surface area contributed by atoms with Gasteiger partial charge < -0.3 is 10.0 Å². The van der Waals surface area contributed by atoms with Crippen LogP contribution in [-0.2, 0) is 14.6 Å². The van der Waals surface area contributed by atoms with Gasteiger partial charge in [0.05, 0.1) is 35.2 Å². The standard InChI is InChI=1S/C14H16N2O4S/c1-10-3-2-4-11(8-15)14(10)16-5-6-21(19,20)9-12(16)7-13(17)18/h2-4,12H,5-7,9H2,1H3,(H,17,18). The lowest BCUT2D eigenvalue weighted by Gasteiger charge is -2.37. The largest absolute Gasteiger partial charge is 0.481 e. The second kappa shape index (κ2) is 5.74. The van der Waals surface area contributed by atoms with Crippen LogP contribution in [-0.4, -0.2) is 43.6 Å². The molecule has 1 unspecified atom stereocenters. The van der Waals surface area contributed by atoms with E-state index >= 15 is 0 Å². The Morgan fingerprint density at radius 3 is 2.86 bits per heavy atom. The molecule has 1 aromatic carbocycles. The number of nitriles is 1. The molecule has 0 spiro atoms. The zero-order valence-corrected chi connectivity index (χ0v) is 12.4. The second-order valence-electron chi connectivity index (χ2n) is 5.14. The molecule has 1 fully saturated rings. The molecule has 1 heterocycles. The number of para-hydroxylation sites is 1. The molecule has 1 N–H and O–H groups in total. The van der Waals surface area contributed by atoms with Gasteiger partial charge in [-0.2, -0.15) is 5.26 Å². The van der Waals surface area contributed by atoms with Gasteiger partial charge in [0, 0.05) is 6.54 Å². The number of anilines is 1. The third-order valence-electron chi connectivity index (χ3n) is 3.59. The first kappa shape index (κ1) is 15.3. The number of carboxylic acids is 1. The lowest BCUT2D eigenvalue weighted by atomic mass is 10.0. The van der Waals surface area contributed by atoms with Crippen molar-refractivity contribution < 1.29 is 18.3 Å². The molecule has 0 aliphatic carbocycles. The molecule has 6 nitrogen and oxygen atoms in total. The number of aliphatic carboxylic acids is 1. The maximum Gasteiger partial charge on any atom is 0.305 e. The van der Waals surface area contributed by atoms with Crippen molar-refractivity contribution in [1.82, 2.24) is 0 Å². The van der Waals surface area contributed by atoms with E-state index in [-0.39, 0.29) is 24.5 Å². The average molecular weight is 308 g/mol. The number of nitrogens with zero attached hydrogens (tertiary/aromatic N) is 2. The Bertz CT molecular complexity index is 706. The van der Waals surface area contributed by atoms with E-state index in [2.05, 4.69) is 6.07 Å². The highest BCUT2D eigenvalue weighted by Gasteiger charge is 2.34. The highest BCUT2D eigenvalue weighted by Crippen LogP contribution is 2.30. The number of rotatable bonds is 3. The van der Waals surface area contributed by atoms with Crippen molar-refractivity contribution >= 4 is 21.5 Å². The fourth-order valence-electron chi connectivity index (χ4n) is 2.68. The number of hydrogen-bond acceptors (Lipinski definition) is 5. The van der Waals surface area contributed by atoms with Crippen molar-refractivity contribution in [2.75, 3.05) is 23.0 Å². The van der Waals surface area contributed by atoms with Crippen molar-refractivity contribution in [2.24, 2.45) is 0 Å². The summed E-state index contributed by atoms with van der Waals surface area (Å²) in [6, 6.07) is 6.69. The van der Waals surface area contributed by atoms with Crippen molar-refractivity contribution in [2.45, 2.75) is 19.4 Å². The van der Waals surface area contributed by atoms with Crippen LogP contribution in [0.3, 0.4) is 0 Å². The molecule has 0 radical (unpaired) electrons. The first-order valence-electron chi connectivity index (χ1n) is 6.52. The predicted octanol–water partition coefficient (Wildman–Crippen LogP) is 0.945. The van der Waals surface area contributed by atoms with Crippen LogP contribution in [0.4, 0.5) is 5.69 Å². The maximum atomic E-state index is 11.8. The van der Waals surface area contributed by atoms with E-state index in [0.29, 0.717) is 11.3 Å². The second-order valence-corrected chi connectivity index (χ2v) is 7.37. The highest BCUT2D eigenvalue weighted by atomic mass is 32.2. The SMILES string of the molecule is Cc1cccc(C#N)c1N1CCS(=O)(=O)CC1CC(=O)O. The fraction of sp³-hybridized carbons (Fsp3) is 0.429. The van der Waals surface area contributed by atoms with Gasteiger partial charge in [0.25, 0.3) is 0 Å². The molecule has 1 aromatic rings.